The molecule has 0 unspecified atom stereocenters. The molecule has 0 fully saturated rings. The molecule has 1 aliphatic rings. The third kappa shape index (κ3) is 4.44. The van der Waals surface area contributed by atoms with Crippen molar-refractivity contribution in [2.24, 2.45) is 0 Å². The molecule has 5 heteroatoms. The van der Waals surface area contributed by atoms with Gasteiger partial charge in [-0.25, -0.2) is 0 Å². The minimum Gasteiger partial charge on any atom is -0.507 e. The fourth-order valence-corrected chi connectivity index (χ4v) is 4.40. The van der Waals surface area contributed by atoms with E-state index in [1.807, 2.05) is 91.0 Å². The van der Waals surface area contributed by atoms with Crippen LogP contribution >= 0.6 is 15.9 Å². The zero-order valence-electron chi connectivity index (χ0n) is 18.7. The van der Waals surface area contributed by atoms with Gasteiger partial charge in [-0.1, -0.05) is 34.0 Å². The summed E-state index contributed by atoms with van der Waals surface area (Å²) >= 11 is 3.50. The number of Topliss-reactive ketones (excluding diaryl/α,β-unsaturated/α-hetero) is 1. The standard InChI is InChI=1S/C30H21BrN2O2/c1-2-20-7-13-23(14-8-20)33(25-17-11-22(31)12-18-25)24-15-9-21(10-16-24)29(34)27-19-32-28-6-4-3-5-26(28)30(27)35/h1,3-18,32,34H,19H2. The zero-order valence-corrected chi connectivity index (χ0v) is 20.3. The fraction of sp³-hybridized carbons (Fsp3) is 0.0333. The first-order valence-corrected chi connectivity index (χ1v) is 11.9. The number of ketones is 1. The van der Waals surface area contributed by atoms with Crippen LogP contribution in [-0.4, -0.2) is 17.4 Å². The summed E-state index contributed by atoms with van der Waals surface area (Å²) < 4.78 is 0.989. The molecular weight excluding hydrogens is 500 g/mol. The molecule has 4 aromatic carbocycles. The van der Waals surface area contributed by atoms with E-state index >= 15 is 0 Å². The molecule has 4 aromatic rings. The van der Waals surface area contributed by atoms with E-state index in [1.165, 1.54) is 0 Å². The van der Waals surface area contributed by atoms with Crippen molar-refractivity contribution < 1.29 is 9.90 Å². The Bertz CT molecular complexity index is 1470. The number of terminal acetylenes is 1. The highest BCUT2D eigenvalue weighted by atomic mass is 79.9. The van der Waals surface area contributed by atoms with E-state index in [2.05, 4.69) is 32.1 Å². The van der Waals surface area contributed by atoms with E-state index in [0.29, 0.717) is 16.7 Å². The maximum absolute atomic E-state index is 13.0. The van der Waals surface area contributed by atoms with E-state index in [-0.39, 0.29) is 18.1 Å². The van der Waals surface area contributed by atoms with Crippen molar-refractivity contribution in [1.82, 2.24) is 0 Å². The van der Waals surface area contributed by atoms with Crippen molar-refractivity contribution in [2.45, 2.75) is 0 Å². The Balaban J connectivity index is 1.51. The van der Waals surface area contributed by atoms with Gasteiger partial charge < -0.3 is 15.3 Å². The topological polar surface area (TPSA) is 52.6 Å². The Morgan fingerprint density at radius 1 is 0.857 bits per heavy atom. The number of hydrogen-bond acceptors (Lipinski definition) is 4. The van der Waals surface area contributed by atoms with Crippen molar-refractivity contribution in [1.29, 1.82) is 0 Å². The molecule has 4 nitrogen and oxygen atoms in total. The molecular formula is C30H21BrN2O2. The van der Waals surface area contributed by atoms with Crippen LogP contribution in [0, 0.1) is 12.3 Å². The Morgan fingerprint density at radius 3 is 2.06 bits per heavy atom. The van der Waals surface area contributed by atoms with Gasteiger partial charge in [0.2, 0.25) is 0 Å². The molecule has 0 spiro atoms. The number of halogens is 1. The Kier molecular flexibility index (Phi) is 6.13. The molecule has 0 aliphatic carbocycles. The number of hydrogen-bond donors (Lipinski definition) is 2. The predicted molar refractivity (Wildman–Crippen MR) is 146 cm³/mol. The smallest absolute Gasteiger partial charge is 0.196 e. The molecule has 0 atom stereocenters. The van der Waals surface area contributed by atoms with Crippen LogP contribution in [0.25, 0.3) is 5.76 Å². The lowest BCUT2D eigenvalue weighted by Crippen LogP contribution is -2.22. The first-order valence-electron chi connectivity index (χ1n) is 11.1. The summed E-state index contributed by atoms with van der Waals surface area (Å²) in [4.78, 5) is 15.1. The van der Waals surface area contributed by atoms with Gasteiger partial charge in [0, 0.05) is 50.5 Å². The second kappa shape index (κ2) is 9.54. The lowest BCUT2D eigenvalue weighted by molar-refractivity contribution is 0.103. The Hall–Kier alpha value is -4.27. The van der Waals surface area contributed by atoms with E-state index < -0.39 is 0 Å². The number of aliphatic hydroxyl groups excluding tert-OH is 1. The van der Waals surface area contributed by atoms with Crippen molar-refractivity contribution in [3.63, 3.8) is 0 Å². The van der Waals surface area contributed by atoms with Crippen molar-refractivity contribution in [3.8, 4) is 12.3 Å². The first kappa shape index (κ1) is 22.5. The van der Waals surface area contributed by atoms with E-state index in [9.17, 15) is 9.90 Å². The maximum Gasteiger partial charge on any atom is 0.196 e. The van der Waals surface area contributed by atoms with Crippen molar-refractivity contribution in [2.75, 3.05) is 16.8 Å². The van der Waals surface area contributed by atoms with Crippen LogP contribution < -0.4 is 10.2 Å². The van der Waals surface area contributed by atoms with Gasteiger partial charge in [0.25, 0.3) is 0 Å². The Labute approximate surface area is 212 Å². The number of anilines is 4. The van der Waals surface area contributed by atoms with Crippen LogP contribution in [-0.2, 0) is 0 Å². The number of nitrogens with one attached hydrogen (secondary N) is 1. The third-order valence-electron chi connectivity index (χ3n) is 5.96. The molecule has 0 radical (unpaired) electrons. The van der Waals surface area contributed by atoms with Crippen molar-refractivity contribution in [3.05, 3.63) is 124 Å². The number of benzene rings is 4. The number of aliphatic hydroxyl groups is 1. The van der Waals surface area contributed by atoms with Gasteiger partial charge in [-0.15, -0.1) is 6.42 Å². The number of rotatable bonds is 4. The monoisotopic (exact) mass is 520 g/mol. The number of nitrogens with zero attached hydrogens (tertiary/aromatic N) is 1. The second-order valence-electron chi connectivity index (χ2n) is 8.11. The van der Waals surface area contributed by atoms with Gasteiger partial charge in [0.15, 0.2) is 5.78 Å². The number of para-hydroxylation sites is 1. The lowest BCUT2D eigenvalue weighted by Gasteiger charge is -2.26. The van der Waals surface area contributed by atoms with Crippen LogP contribution in [0.3, 0.4) is 0 Å². The molecule has 0 saturated carbocycles. The van der Waals surface area contributed by atoms with E-state index in [4.69, 9.17) is 6.42 Å². The molecule has 5 rings (SSSR count). The largest absolute Gasteiger partial charge is 0.507 e. The average Bonchev–Trinajstić information content (AvgIpc) is 2.91. The first-order chi connectivity index (χ1) is 17.0. The summed E-state index contributed by atoms with van der Waals surface area (Å²) in [6.07, 6.45) is 5.53. The number of carbonyl (C=O) groups excluding carboxylic acids is 1. The number of fused-ring (bicyclic) bond motifs is 1. The van der Waals surface area contributed by atoms with Crippen LogP contribution in [0.15, 0.2) is 107 Å². The molecule has 1 heterocycles. The normalized spacial score (nSPS) is 13.9. The van der Waals surface area contributed by atoms with Crippen LogP contribution in [0.5, 0.6) is 0 Å². The van der Waals surface area contributed by atoms with Gasteiger partial charge in [-0.3, -0.25) is 4.79 Å². The summed E-state index contributed by atoms with van der Waals surface area (Å²) in [5.74, 6) is 2.47. The summed E-state index contributed by atoms with van der Waals surface area (Å²) in [7, 11) is 0. The molecule has 0 aromatic heterocycles. The molecule has 2 N–H and O–H groups in total. The SMILES string of the molecule is C#Cc1ccc(N(c2ccc(Br)cc2)c2ccc(C(O)=C3CNc4ccccc4C3=O)cc2)cc1. The van der Waals surface area contributed by atoms with E-state index in [0.717, 1.165) is 32.8 Å². The summed E-state index contributed by atoms with van der Waals surface area (Å²) in [6.45, 7) is 0.274. The molecule has 0 bridgehead atoms. The summed E-state index contributed by atoms with van der Waals surface area (Å²) in [6, 6.07) is 30.6. The highest BCUT2D eigenvalue weighted by molar-refractivity contribution is 9.10. The zero-order chi connectivity index (χ0) is 24.4. The molecule has 170 valence electrons. The molecule has 0 amide bonds. The van der Waals surface area contributed by atoms with Crippen LogP contribution in [0.4, 0.5) is 22.7 Å². The van der Waals surface area contributed by atoms with Gasteiger partial charge in [-0.05, 0) is 84.9 Å². The molecule has 1 aliphatic heterocycles. The van der Waals surface area contributed by atoms with Crippen molar-refractivity contribution >= 4 is 50.2 Å². The highest BCUT2D eigenvalue weighted by Crippen LogP contribution is 2.36. The van der Waals surface area contributed by atoms with Gasteiger partial charge >= 0.3 is 0 Å². The maximum atomic E-state index is 13.0. The predicted octanol–water partition coefficient (Wildman–Crippen LogP) is 7.48. The molecule has 0 saturated heterocycles. The van der Waals surface area contributed by atoms with Crippen LogP contribution in [0.2, 0.25) is 0 Å². The lowest BCUT2D eigenvalue weighted by atomic mass is 9.94. The second-order valence-corrected chi connectivity index (χ2v) is 9.02. The van der Waals surface area contributed by atoms with Crippen LogP contribution in [0.1, 0.15) is 21.5 Å². The fourth-order valence-electron chi connectivity index (χ4n) is 4.14. The highest BCUT2D eigenvalue weighted by Gasteiger charge is 2.25. The quantitative estimate of drug-likeness (QED) is 0.166. The summed E-state index contributed by atoms with van der Waals surface area (Å²) in [5.41, 5.74) is 5.91. The van der Waals surface area contributed by atoms with Gasteiger partial charge in [-0.2, -0.15) is 0 Å². The van der Waals surface area contributed by atoms with E-state index in [1.54, 1.807) is 6.07 Å². The Morgan fingerprint density at radius 2 is 1.43 bits per heavy atom. The van der Waals surface area contributed by atoms with Gasteiger partial charge in [0.1, 0.15) is 5.76 Å². The third-order valence-corrected chi connectivity index (χ3v) is 6.49. The molecule has 35 heavy (non-hydrogen) atoms. The summed E-state index contributed by atoms with van der Waals surface area (Å²) in [5, 5.41) is 14.2. The minimum atomic E-state index is -0.161. The van der Waals surface area contributed by atoms with Gasteiger partial charge in [0.05, 0.1) is 5.57 Å². The number of carbonyl (C=O) groups is 1. The minimum absolute atomic E-state index is 0.0166. The average molecular weight is 521 g/mol.